The van der Waals surface area contributed by atoms with Crippen LogP contribution < -0.4 is 5.73 Å². The quantitative estimate of drug-likeness (QED) is 0.799. The molecule has 16 heavy (non-hydrogen) atoms. The molecule has 0 radical (unpaired) electrons. The van der Waals surface area contributed by atoms with Crippen LogP contribution in [-0.4, -0.2) is 37.0 Å². The molecule has 1 aliphatic heterocycles. The molecule has 1 saturated heterocycles. The highest BCUT2D eigenvalue weighted by atomic mass is 32.2. The summed E-state index contributed by atoms with van der Waals surface area (Å²) in [5, 5.41) is 3.68. The first-order valence-corrected chi connectivity index (χ1v) is 6.74. The summed E-state index contributed by atoms with van der Waals surface area (Å²) >= 11 is 0. The summed E-state index contributed by atoms with van der Waals surface area (Å²) in [6.45, 7) is 2.63. The van der Waals surface area contributed by atoms with Crippen molar-refractivity contribution in [3.63, 3.8) is 0 Å². The zero-order chi connectivity index (χ0) is 11.8. The van der Waals surface area contributed by atoms with Gasteiger partial charge >= 0.3 is 0 Å². The van der Waals surface area contributed by atoms with Crippen molar-refractivity contribution in [2.24, 2.45) is 5.73 Å². The predicted molar refractivity (Wildman–Crippen MR) is 58.0 cm³/mol. The summed E-state index contributed by atoms with van der Waals surface area (Å²) in [4.78, 5) is 0. The van der Waals surface area contributed by atoms with Gasteiger partial charge in [-0.15, -0.1) is 0 Å². The fourth-order valence-electron chi connectivity index (χ4n) is 1.77. The van der Waals surface area contributed by atoms with Gasteiger partial charge in [-0.2, -0.15) is 4.31 Å². The molecule has 1 atom stereocenters. The molecule has 2 N–H and O–H groups in total. The summed E-state index contributed by atoms with van der Waals surface area (Å²) in [6.07, 6.45) is 0.719. The highest BCUT2D eigenvalue weighted by Crippen LogP contribution is 2.16. The van der Waals surface area contributed by atoms with Crippen molar-refractivity contribution in [2.75, 3.05) is 13.1 Å². The SMILES string of the molecule is Cc1cc(CS(=O)(=O)N2CC[C@@H](N)C2)no1. The lowest BCUT2D eigenvalue weighted by molar-refractivity contribution is 0.391. The van der Waals surface area contributed by atoms with Gasteiger partial charge in [0.2, 0.25) is 10.0 Å². The van der Waals surface area contributed by atoms with E-state index in [1.54, 1.807) is 13.0 Å². The topological polar surface area (TPSA) is 89.4 Å². The Hall–Kier alpha value is -0.920. The van der Waals surface area contributed by atoms with Crippen LogP contribution in [0.1, 0.15) is 17.9 Å². The first kappa shape index (κ1) is 11.6. The van der Waals surface area contributed by atoms with Crippen LogP contribution in [0, 0.1) is 6.92 Å². The average Bonchev–Trinajstić information content (AvgIpc) is 2.75. The number of sulfonamides is 1. The van der Waals surface area contributed by atoms with Crippen molar-refractivity contribution in [1.82, 2.24) is 9.46 Å². The maximum atomic E-state index is 11.9. The lowest BCUT2D eigenvalue weighted by atomic mass is 10.3. The molecule has 7 heteroatoms. The van der Waals surface area contributed by atoms with E-state index in [9.17, 15) is 8.42 Å². The number of nitrogens with two attached hydrogens (primary N) is 1. The van der Waals surface area contributed by atoms with Gasteiger partial charge in [0.25, 0.3) is 0 Å². The number of hydrogen-bond acceptors (Lipinski definition) is 5. The minimum absolute atomic E-state index is 0.0474. The van der Waals surface area contributed by atoms with Crippen LogP contribution in [0.25, 0.3) is 0 Å². The summed E-state index contributed by atoms with van der Waals surface area (Å²) in [6, 6.07) is 1.59. The van der Waals surface area contributed by atoms with E-state index in [0.29, 0.717) is 24.5 Å². The van der Waals surface area contributed by atoms with E-state index in [-0.39, 0.29) is 11.8 Å². The second-order valence-corrected chi connectivity index (χ2v) is 6.06. The molecule has 0 amide bonds. The van der Waals surface area contributed by atoms with Crippen LogP contribution in [-0.2, 0) is 15.8 Å². The molecule has 0 saturated carbocycles. The number of aromatic nitrogens is 1. The molecule has 0 bridgehead atoms. The molecule has 1 fully saturated rings. The first-order valence-electron chi connectivity index (χ1n) is 5.13. The van der Waals surface area contributed by atoms with Gasteiger partial charge in [-0.05, 0) is 13.3 Å². The largest absolute Gasteiger partial charge is 0.361 e. The zero-order valence-corrected chi connectivity index (χ0v) is 9.90. The molecule has 0 unspecified atom stereocenters. The maximum Gasteiger partial charge on any atom is 0.220 e. The van der Waals surface area contributed by atoms with Crippen LogP contribution in [0.4, 0.5) is 0 Å². The molecule has 0 aromatic carbocycles. The number of rotatable bonds is 3. The molecule has 1 aromatic heterocycles. The standard InChI is InChI=1S/C9H15N3O3S/c1-7-4-9(11-15-7)6-16(13,14)12-3-2-8(10)5-12/h4,8H,2-3,5-6,10H2,1H3/t8-/m1/s1. The van der Waals surface area contributed by atoms with Crippen LogP contribution in [0.5, 0.6) is 0 Å². The normalized spacial score (nSPS) is 22.8. The predicted octanol–water partition coefficient (Wildman–Crippen LogP) is -0.154. The number of nitrogens with zero attached hydrogens (tertiary/aromatic N) is 2. The second kappa shape index (κ2) is 4.15. The third-order valence-corrected chi connectivity index (χ3v) is 4.37. The van der Waals surface area contributed by atoms with Crippen LogP contribution in [0.15, 0.2) is 10.6 Å². The Kier molecular flexibility index (Phi) is 3.00. The minimum Gasteiger partial charge on any atom is -0.361 e. The van der Waals surface area contributed by atoms with Crippen molar-refractivity contribution in [3.05, 3.63) is 17.5 Å². The molecular formula is C9H15N3O3S. The van der Waals surface area contributed by atoms with Crippen molar-refractivity contribution >= 4 is 10.0 Å². The van der Waals surface area contributed by atoms with Crippen LogP contribution in [0.3, 0.4) is 0 Å². The lowest BCUT2D eigenvalue weighted by Gasteiger charge is -2.14. The van der Waals surface area contributed by atoms with Gasteiger partial charge in [0.1, 0.15) is 17.2 Å². The molecule has 6 nitrogen and oxygen atoms in total. The van der Waals surface area contributed by atoms with Gasteiger partial charge in [0, 0.05) is 25.2 Å². The minimum atomic E-state index is -3.30. The second-order valence-electron chi connectivity index (χ2n) is 4.09. The van der Waals surface area contributed by atoms with Crippen molar-refractivity contribution in [3.8, 4) is 0 Å². The molecule has 1 aromatic rings. The zero-order valence-electron chi connectivity index (χ0n) is 9.09. The maximum absolute atomic E-state index is 11.9. The third-order valence-electron chi connectivity index (χ3n) is 2.59. The lowest BCUT2D eigenvalue weighted by Crippen LogP contribution is -2.32. The molecule has 2 rings (SSSR count). The summed E-state index contributed by atoms with van der Waals surface area (Å²) < 4.78 is 30.1. The van der Waals surface area contributed by atoms with E-state index in [1.165, 1.54) is 4.31 Å². The van der Waals surface area contributed by atoms with Gasteiger partial charge in [-0.25, -0.2) is 8.42 Å². The van der Waals surface area contributed by atoms with Gasteiger partial charge in [0.05, 0.1) is 0 Å². The molecule has 0 spiro atoms. The highest BCUT2D eigenvalue weighted by Gasteiger charge is 2.30. The van der Waals surface area contributed by atoms with Crippen molar-refractivity contribution in [2.45, 2.75) is 25.1 Å². The molecule has 90 valence electrons. The average molecular weight is 245 g/mol. The Morgan fingerprint density at radius 2 is 2.44 bits per heavy atom. The van der Waals surface area contributed by atoms with E-state index in [0.717, 1.165) is 6.42 Å². The van der Waals surface area contributed by atoms with Crippen molar-refractivity contribution in [1.29, 1.82) is 0 Å². The molecule has 1 aliphatic rings. The van der Waals surface area contributed by atoms with E-state index >= 15 is 0 Å². The van der Waals surface area contributed by atoms with Gasteiger partial charge in [-0.1, -0.05) is 5.16 Å². The van der Waals surface area contributed by atoms with E-state index in [1.807, 2.05) is 0 Å². The van der Waals surface area contributed by atoms with E-state index in [4.69, 9.17) is 10.3 Å². The molecular weight excluding hydrogens is 230 g/mol. The van der Waals surface area contributed by atoms with Crippen LogP contribution in [0.2, 0.25) is 0 Å². The summed E-state index contributed by atoms with van der Waals surface area (Å²) in [5.41, 5.74) is 6.12. The Morgan fingerprint density at radius 1 is 1.69 bits per heavy atom. The van der Waals surface area contributed by atoms with Gasteiger partial charge < -0.3 is 10.3 Å². The Morgan fingerprint density at radius 3 is 2.94 bits per heavy atom. The molecule has 2 heterocycles. The first-order chi connectivity index (χ1) is 7.47. The third kappa shape index (κ3) is 2.42. The Balaban J connectivity index is 2.08. The fourth-order valence-corrected chi connectivity index (χ4v) is 3.27. The van der Waals surface area contributed by atoms with Gasteiger partial charge in [-0.3, -0.25) is 0 Å². The smallest absolute Gasteiger partial charge is 0.220 e. The monoisotopic (exact) mass is 245 g/mol. The van der Waals surface area contributed by atoms with E-state index < -0.39 is 10.0 Å². The highest BCUT2D eigenvalue weighted by molar-refractivity contribution is 7.88. The Bertz CT molecular complexity index is 468. The van der Waals surface area contributed by atoms with Crippen LogP contribution >= 0.6 is 0 Å². The van der Waals surface area contributed by atoms with Crippen molar-refractivity contribution < 1.29 is 12.9 Å². The number of aryl methyl sites for hydroxylation is 1. The molecule has 0 aliphatic carbocycles. The van der Waals surface area contributed by atoms with E-state index in [2.05, 4.69) is 5.16 Å². The fraction of sp³-hybridized carbons (Fsp3) is 0.667. The number of hydrogen-bond donors (Lipinski definition) is 1. The summed E-state index contributed by atoms with van der Waals surface area (Å²) in [5.74, 6) is 0.500. The Labute approximate surface area is 94.4 Å². The van der Waals surface area contributed by atoms with Gasteiger partial charge in [0.15, 0.2) is 0 Å². The summed E-state index contributed by atoms with van der Waals surface area (Å²) in [7, 11) is -3.30.